The maximum atomic E-state index is 3.43. The Morgan fingerprint density at radius 1 is 1.16 bits per heavy atom. The molecule has 1 atom stereocenters. The van der Waals surface area contributed by atoms with Gasteiger partial charge in [-0.1, -0.05) is 24.3 Å². The van der Waals surface area contributed by atoms with E-state index in [0.717, 1.165) is 25.6 Å². The van der Waals surface area contributed by atoms with Crippen LogP contribution in [0.5, 0.6) is 0 Å². The van der Waals surface area contributed by atoms with Crippen LogP contribution in [-0.4, -0.2) is 56.1 Å². The Hall–Kier alpha value is -0.900. The lowest BCUT2D eigenvalue weighted by Crippen LogP contribution is -2.43. The van der Waals surface area contributed by atoms with Crippen molar-refractivity contribution in [3.8, 4) is 0 Å². The van der Waals surface area contributed by atoms with E-state index in [0.29, 0.717) is 0 Å². The number of rotatable bonds is 3. The van der Waals surface area contributed by atoms with Crippen LogP contribution in [0, 0.1) is 0 Å². The van der Waals surface area contributed by atoms with Gasteiger partial charge in [-0.15, -0.1) is 0 Å². The van der Waals surface area contributed by atoms with E-state index in [-0.39, 0.29) is 0 Å². The Kier molecular flexibility index (Phi) is 4.16. The molecule has 3 heteroatoms. The van der Waals surface area contributed by atoms with E-state index in [9.17, 15) is 0 Å². The highest BCUT2D eigenvalue weighted by Gasteiger charge is 2.23. The molecular weight excluding hydrogens is 234 g/mol. The van der Waals surface area contributed by atoms with Gasteiger partial charge in [0.2, 0.25) is 0 Å². The molecule has 1 aromatic rings. The molecule has 3 rings (SSSR count). The number of nitrogens with zero attached hydrogens (tertiary/aromatic N) is 2. The van der Waals surface area contributed by atoms with E-state index in [1.807, 2.05) is 0 Å². The first kappa shape index (κ1) is 13.1. The van der Waals surface area contributed by atoms with Crippen LogP contribution < -0.4 is 5.32 Å². The SMILES string of the molecule is CN1CCC(c2ccccc2CN2CCNCC2)C1. The van der Waals surface area contributed by atoms with Crippen LogP contribution in [-0.2, 0) is 6.54 Å². The molecule has 19 heavy (non-hydrogen) atoms. The largest absolute Gasteiger partial charge is 0.314 e. The first-order valence-electron chi connectivity index (χ1n) is 7.52. The monoisotopic (exact) mass is 259 g/mol. The number of likely N-dealkylation sites (tertiary alicyclic amines) is 1. The minimum atomic E-state index is 0.740. The molecule has 0 bridgehead atoms. The Bertz CT molecular complexity index is 412. The summed E-state index contributed by atoms with van der Waals surface area (Å²) < 4.78 is 0. The Morgan fingerprint density at radius 3 is 2.68 bits per heavy atom. The van der Waals surface area contributed by atoms with Crippen molar-refractivity contribution in [1.29, 1.82) is 0 Å². The fourth-order valence-corrected chi connectivity index (χ4v) is 3.38. The van der Waals surface area contributed by atoms with Crippen molar-refractivity contribution in [3.05, 3.63) is 35.4 Å². The van der Waals surface area contributed by atoms with Crippen LogP contribution >= 0.6 is 0 Å². The predicted octanol–water partition coefficient (Wildman–Crippen LogP) is 1.51. The molecule has 1 N–H and O–H groups in total. The maximum absolute atomic E-state index is 3.43. The van der Waals surface area contributed by atoms with Crippen molar-refractivity contribution in [3.63, 3.8) is 0 Å². The van der Waals surface area contributed by atoms with E-state index in [1.54, 1.807) is 11.1 Å². The lowest BCUT2D eigenvalue weighted by Gasteiger charge is -2.28. The highest BCUT2D eigenvalue weighted by atomic mass is 15.2. The molecule has 1 aromatic carbocycles. The van der Waals surface area contributed by atoms with Gasteiger partial charge in [-0.3, -0.25) is 4.90 Å². The van der Waals surface area contributed by atoms with Crippen molar-refractivity contribution in [2.24, 2.45) is 0 Å². The summed E-state index contributed by atoms with van der Waals surface area (Å²) in [6, 6.07) is 9.08. The highest BCUT2D eigenvalue weighted by Crippen LogP contribution is 2.29. The first-order chi connectivity index (χ1) is 9.33. The average molecular weight is 259 g/mol. The zero-order valence-corrected chi connectivity index (χ0v) is 11.9. The third-order valence-corrected chi connectivity index (χ3v) is 4.49. The molecule has 0 spiro atoms. The smallest absolute Gasteiger partial charge is 0.0237 e. The third kappa shape index (κ3) is 3.16. The molecule has 3 nitrogen and oxygen atoms in total. The molecule has 2 aliphatic rings. The lowest BCUT2D eigenvalue weighted by atomic mass is 9.93. The minimum Gasteiger partial charge on any atom is -0.314 e. The van der Waals surface area contributed by atoms with Crippen LogP contribution in [0.4, 0.5) is 0 Å². The Morgan fingerprint density at radius 2 is 1.95 bits per heavy atom. The summed E-state index contributed by atoms with van der Waals surface area (Å²) in [6.45, 7) is 8.21. The standard InChI is InChI=1S/C16H25N3/c1-18-9-6-15(12-18)16-5-3-2-4-14(16)13-19-10-7-17-8-11-19/h2-5,15,17H,6-13H2,1H3. The zero-order valence-electron chi connectivity index (χ0n) is 11.9. The number of nitrogens with one attached hydrogen (secondary N) is 1. The first-order valence-corrected chi connectivity index (χ1v) is 7.52. The number of benzene rings is 1. The summed E-state index contributed by atoms with van der Waals surface area (Å²) in [7, 11) is 2.24. The summed E-state index contributed by atoms with van der Waals surface area (Å²) >= 11 is 0. The molecular formula is C16H25N3. The second-order valence-corrected chi connectivity index (χ2v) is 5.97. The minimum absolute atomic E-state index is 0.740. The molecule has 1 unspecified atom stereocenters. The number of likely N-dealkylation sites (N-methyl/N-ethyl adjacent to an activating group) is 1. The topological polar surface area (TPSA) is 18.5 Å². The maximum Gasteiger partial charge on any atom is 0.0237 e. The van der Waals surface area contributed by atoms with Crippen molar-refractivity contribution in [1.82, 2.24) is 15.1 Å². The van der Waals surface area contributed by atoms with Crippen LogP contribution in [0.25, 0.3) is 0 Å². The van der Waals surface area contributed by atoms with Gasteiger partial charge >= 0.3 is 0 Å². The number of piperazine rings is 1. The molecule has 0 aromatic heterocycles. The Labute approximate surface area is 116 Å². The fourth-order valence-electron chi connectivity index (χ4n) is 3.38. The van der Waals surface area contributed by atoms with Gasteiger partial charge in [-0.2, -0.15) is 0 Å². The van der Waals surface area contributed by atoms with Crippen LogP contribution in [0.1, 0.15) is 23.5 Å². The second kappa shape index (κ2) is 6.04. The molecule has 2 aliphatic heterocycles. The van der Waals surface area contributed by atoms with Gasteiger partial charge in [0.15, 0.2) is 0 Å². The lowest BCUT2D eigenvalue weighted by molar-refractivity contribution is 0.232. The summed E-state index contributed by atoms with van der Waals surface area (Å²) in [4.78, 5) is 5.03. The Balaban J connectivity index is 1.73. The van der Waals surface area contributed by atoms with Gasteiger partial charge in [-0.25, -0.2) is 0 Å². The molecule has 0 amide bonds. The fraction of sp³-hybridized carbons (Fsp3) is 0.625. The normalized spacial score (nSPS) is 25.8. The molecule has 0 aliphatic carbocycles. The summed E-state index contributed by atoms with van der Waals surface area (Å²) in [5.41, 5.74) is 3.13. The van der Waals surface area contributed by atoms with E-state index in [2.05, 4.69) is 46.4 Å². The molecule has 2 heterocycles. The van der Waals surface area contributed by atoms with Gasteiger partial charge in [0.25, 0.3) is 0 Å². The van der Waals surface area contributed by atoms with Gasteiger partial charge in [0.1, 0.15) is 0 Å². The second-order valence-electron chi connectivity index (χ2n) is 5.97. The van der Waals surface area contributed by atoms with Crippen LogP contribution in [0.2, 0.25) is 0 Å². The van der Waals surface area contributed by atoms with Gasteiger partial charge in [0.05, 0.1) is 0 Å². The van der Waals surface area contributed by atoms with E-state index in [1.165, 1.54) is 32.6 Å². The van der Waals surface area contributed by atoms with Crippen molar-refractivity contribution >= 4 is 0 Å². The number of hydrogen-bond donors (Lipinski definition) is 1. The van der Waals surface area contributed by atoms with Gasteiger partial charge < -0.3 is 10.2 Å². The molecule has 0 radical (unpaired) electrons. The number of hydrogen-bond acceptors (Lipinski definition) is 3. The van der Waals surface area contributed by atoms with Crippen LogP contribution in [0.15, 0.2) is 24.3 Å². The predicted molar refractivity (Wildman–Crippen MR) is 79.4 cm³/mol. The van der Waals surface area contributed by atoms with Gasteiger partial charge in [0, 0.05) is 39.3 Å². The van der Waals surface area contributed by atoms with E-state index in [4.69, 9.17) is 0 Å². The molecule has 0 saturated carbocycles. The van der Waals surface area contributed by atoms with Crippen molar-refractivity contribution in [2.45, 2.75) is 18.9 Å². The van der Waals surface area contributed by atoms with E-state index < -0.39 is 0 Å². The summed E-state index contributed by atoms with van der Waals surface area (Å²) in [6.07, 6.45) is 1.31. The summed E-state index contributed by atoms with van der Waals surface area (Å²) in [5.74, 6) is 0.740. The zero-order chi connectivity index (χ0) is 13.1. The van der Waals surface area contributed by atoms with E-state index >= 15 is 0 Å². The third-order valence-electron chi connectivity index (χ3n) is 4.49. The summed E-state index contributed by atoms with van der Waals surface area (Å²) in [5, 5.41) is 3.43. The van der Waals surface area contributed by atoms with Gasteiger partial charge in [-0.05, 0) is 37.1 Å². The quantitative estimate of drug-likeness (QED) is 0.888. The molecule has 104 valence electrons. The highest BCUT2D eigenvalue weighted by molar-refractivity contribution is 5.31. The van der Waals surface area contributed by atoms with Crippen molar-refractivity contribution in [2.75, 3.05) is 46.3 Å². The average Bonchev–Trinajstić information content (AvgIpc) is 2.87. The van der Waals surface area contributed by atoms with Crippen molar-refractivity contribution < 1.29 is 0 Å². The molecule has 2 fully saturated rings. The molecule has 2 saturated heterocycles. The van der Waals surface area contributed by atoms with Crippen LogP contribution in [0.3, 0.4) is 0 Å².